The Balaban J connectivity index is 1.80. The lowest BCUT2D eigenvalue weighted by Crippen LogP contribution is -2.61. The summed E-state index contributed by atoms with van der Waals surface area (Å²) in [7, 11) is 0. The van der Waals surface area contributed by atoms with Gasteiger partial charge in [0.15, 0.2) is 18.7 Å². The van der Waals surface area contributed by atoms with Crippen molar-refractivity contribution in [2.24, 2.45) is 0 Å². The van der Waals surface area contributed by atoms with E-state index in [0.29, 0.717) is 12.8 Å². The van der Waals surface area contributed by atoms with Crippen LogP contribution in [0.5, 0.6) is 0 Å². The van der Waals surface area contributed by atoms with Crippen LogP contribution >= 0.6 is 0 Å². The van der Waals surface area contributed by atoms with Gasteiger partial charge in [0.1, 0.15) is 55.4 Å². The summed E-state index contributed by atoms with van der Waals surface area (Å²) in [6.45, 7) is 2.29. The molecule has 15 nitrogen and oxygen atoms in total. The van der Waals surface area contributed by atoms with Crippen LogP contribution < -0.4 is 0 Å². The van der Waals surface area contributed by atoms with Crippen molar-refractivity contribution < 1.29 is 73.8 Å². The Hall–Kier alpha value is -3.58. The molecule has 2 fully saturated rings. The fraction of sp³-hybridized carbons (Fsp3) is 0.684. The predicted octanol–water partition coefficient (Wildman–Crippen LogP) is 8.15. The minimum absolute atomic E-state index is 0.140. The zero-order valence-corrected chi connectivity index (χ0v) is 43.4. The third-order valence-corrected chi connectivity index (χ3v) is 12.1. The highest BCUT2D eigenvalue weighted by atomic mass is 16.7. The molecule has 2 rings (SSSR count). The molecule has 0 aromatic rings. The molecule has 0 spiro atoms. The molecule has 15 heteroatoms. The highest BCUT2D eigenvalue weighted by Crippen LogP contribution is 2.26. The second-order valence-corrected chi connectivity index (χ2v) is 18.3. The van der Waals surface area contributed by atoms with E-state index < -0.39 is 99.3 Å². The first kappa shape index (κ1) is 64.5. The number of hydrogen-bond donors (Lipinski definition) is 7. The van der Waals surface area contributed by atoms with Gasteiger partial charge in [0, 0.05) is 12.8 Å². The lowest BCUT2D eigenvalue weighted by atomic mass is 9.98. The van der Waals surface area contributed by atoms with E-state index in [0.717, 1.165) is 96.3 Å². The van der Waals surface area contributed by atoms with E-state index in [9.17, 15) is 45.3 Å². The van der Waals surface area contributed by atoms with Crippen LogP contribution in [0.4, 0.5) is 0 Å². The maximum atomic E-state index is 13.0. The van der Waals surface area contributed by atoms with Gasteiger partial charge in [0.25, 0.3) is 0 Å². The first-order valence-electron chi connectivity index (χ1n) is 26.8. The van der Waals surface area contributed by atoms with Crippen LogP contribution in [-0.4, -0.2) is 142 Å². The Morgan fingerprint density at radius 3 is 1.33 bits per heavy atom. The average molecular weight is 1020 g/mol. The zero-order chi connectivity index (χ0) is 52.4. The molecule has 11 unspecified atom stereocenters. The molecular formula is C57H92O15. The third-order valence-electron chi connectivity index (χ3n) is 12.1. The topological polar surface area (TPSA) is 231 Å². The summed E-state index contributed by atoms with van der Waals surface area (Å²) in [5.74, 6) is -0.992. The van der Waals surface area contributed by atoms with Crippen molar-refractivity contribution in [2.75, 3.05) is 26.4 Å². The summed E-state index contributed by atoms with van der Waals surface area (Å²) in [4.78, 5) is 25.8. The second kappa shape index (κ2) is 42.7. The molecule has 410 valence electrons. The quantitative estimate of drug-likeness (QED) is 0.0174. The highest BCUT2D eigenvalue weighted by Gasteiger charge is 2.47. The minimum atomic E-state index is -1.78. The predicted molar refractivity (Wildman–Crippen MR) is 279 cm³/mol. The van der Waals surface area contributed by atoms with Gasteiger partial charge in [0.05, 0.1) is 19.8 Å². The Morgan fingerprint density at radius 2 is 0.833 bits per heavy atom. The summed E-state index contributed by atoms with van der Waals surface area (Å²) in [6.07, 6.45) is 37.2. The number of allylic oxidation sites excluding steroid dienone is 16. The van der Waals surface area contributed by atoms with Gasteiger partial charge in [-0.05, 0) is 89.9 Å². The van der Waals surface area contributed by atoms with E-state index in [4.69, 9.17) is 28.4 Å². The van der Waals surface area contributed by atoms with Crippen molar-refractivity contribution in [1.29, 1.82) is 0 Å². The minimum Gasteiger partial charge on any atom is -0.462 e. The maximum Gasteiger partial charge on any atom is 0.306 e. The molecule has 0 bridgehead atoms. The summed E-state index contributed by atoms with van der Waals surface area (Å²) in [5.41, 5.74) is 0. The van der Waals surface area contributed by atoms with Crippen molar-refractivity contribution in [1.82, 2.24) is 0 Å². The summed E-state index contributed by atoms with van der Waals surface area (Å²) >= 11 is 0. The number of rotatable bonds is 40. The lowest BCUT2D eigenvalue weighted by Gasteiger charge is -2.42. The number of unbranched alkanes of at least 4 members (excludes halogenated alkanes) is 10. The molecule has 7 N–H and O–H groups in total. The first-order chi connectivity index (χ1) is 35.0. The van der Waals surface area contributed by atoms with Crippen molar-refractivity contribution in [3.05, 3.63) is 97.2 Å². The van der Waals surface area contributed by atoms with E-state index in [1.165, 1.54) is 19.3 Å². The van der Waals surface area contributed by atoms with Gasteiger partial charge in [-0.1, -0.05) is 150 Å². The largest absolute Gasteiger partial charge is 0.462 e. The lowest BCUT2D eigenvalue weighted by molar-refractivity contribution is -0.332. The second-order valence-electron chi connectivity index (χ2n) is 18.3. The van der Waals surface area contributed by atoms with Gasteiger partial charge in [-0.15, -0.1) is 0 Å². The smallest absolute Gasteiger partial charge is 0.306 e. The Bertz CT molecular complexity index is 1620. The molecule has 0 aliphatic carbocycles. The summed E-state index contributed by atoms with van der Waals surface area (Å²) < 4.78 is 33.6. The molecule has 2 heterocycles. The molecule has 0 radical (unpaired) electrons. The van der Waals surface area contributed by atoms with E-state index in [2.05, 4.69) is 111 Å². The normalized spacial score (nSPS) is 25.8. The zero-order valence-electron chi connectivity index (χ0n) is 43.4. The van der Waals surface area contributed by atoms with Crippen LogP contribution in [0.25, 0.3) is 0 Å². The average Bonchev–Trinajstić information content (AvgIpc) is 3.37. The number of aliphatic hydroxyl groups is 7. The SMILES string of the molecule is CC/C=C\C/C=C\C/C=C\C/C=C\CCCCCCCCCCC(=O)OC(COC(=O)CCCC/C=C\C/C=C\C/C=C\C/C=C\CC)COC1OC(COC2OC(CO)C(O)C(O)C2O)C(O)C(O)C1O. The molecule has 72 heavy (non-hydrogen) atoms. The Kier molecular flexibility index (Phi) is 38.3. The van der Waals surface area contributed by atoms with Gasteiger partial charge in [-0.25, -0.2) is 0 Å². The number of hydrogen-bond acceptors (Lipinski definition) is 15. The molecule has 2 aliphatic rings. The van der Waals surface area contributed by atoms with Crippen LogP contribution in [0.15, 0.2) is 97.2 Å². The van der Waals surface area contributed by atoms with Crippen LogP contribution in [0, 0.1) is 0 Å². The molecule has 2 aliphatic heterocycles. The first-order valence-corrected chi connectivity index (χ1v) is 26.8. The van der Waals surface area contributed by atoms with Crippen LogP contribution in [-0.2, 0) is 38.0 Å². The molecular weight excluding hydrogens is 925 g/mol. The van der Waals surface area contributed by atoms with Gasteiger partial charge < -0.3 is 64.2 Å². The maximum absolute atomic E-state index is 13.0. The molecule has 0 aromatic carbocycles. The fourth-order valence-electron chi connectivity index (χ4n) is 7.73. The Labute approximate surface area is 430 Å². The van der Waals surface area contributed by atoms with Gasteiger partial charge >= 0.3 is 11.9 Å². The van der Waals surface area contributed by atoms with Crippen LogP contribution in [0.1, 0.15) is 155 Å². The molecule has 11 atom stereocenters. The molecule has 2 saturated heterocycles. The van der Waals surface area contributed by atoms with E-state index in [1.807, 2.05) is 0 Å². The van der Waals surface area contributed by atoms with Gasteiger partial charge in [-0.2, -0.15) is 0 Å². The monoisotopic (exact) mass is 1020 g/mol. The number of aliphatic hydroxyl groups excluding tert-OH is 7. The van der Waals surface area contributed by atoms with Crippen molar-refractivity contribution in [3.8, 4) is 0 Å². The Morgan fingerprint density at radius 1 is 0.444 bits per heavy atom. The highest BCUT2D eigenvalue weighted by molar-refractivity contribution is 5.70. The standard InChI is InChI=1S/C57H92O15/c1-3-5-7-9-11-13-15-17-19-20-21-22-23-24-26-28-30-32-34-36-38-40-49(60)70-45(42-67-48(59)39-37-35-33-31-29-27-25-18-16-14-12-10-8-6-4-2)43-68-56-55(66)53(64)51(62)47(72-56)44-69-57-54(65)52(63)50(61)46(41-58)71-57/h5-8,11-14,17-19,21-22,25,29,31,45-47,50-58,61-66H,3-4,9-10,15-16,20,23-24,26-28,30,32-44H2,1-2H3/b7-5-,8-6-,13-11-,14-12-,19-17-,22-21-,25-18-,31-29-. The number of carbonyl (C=O) groups is 2. The van der Waals surface area contributed by atoms with Gasteiger partial charge in [-0.3, -0.25) is 9.59 Å². The number of esters is 2. The van der Waals surface area contributed by atoms with Crippen molar-refractivity contribution >= 4 is 11.9 Å². The van der Waals surface area contributed by atoms with E-state index >= 15 is 0 Å². The fourth-order valence-corrected chi connectivity index (χ4v) is 7.73. The number of ether oxygens (including phenoxy) is 6. The number of carbonyl (C=O) groups excluding carboxylic acids is 2. The summed E-state index contributed by atoms with van der Waals surface area (Å²) in [5, 5.41) is 72.2. The van der Waals surface area contributed by atoms with E-state index in [-0.39, 0.29) is 19.4 Å². The molecule has 0 saturated carbocycles. The van der Waals surface area contributed by atoms with Crippen molar-refractivity contribution in [2.45, 2.75) is 223 Å². The van der Waals surface area contributed by atoms with Gasteiger partial charge in [0.2, 0.25) is 0 Å². The van der Waals surface area contributed by atoms with E-state index in [1.54, 1.807) is 0 Å². The molecule has 0 amide bonds. The molecule has 0 aromatic heterocycles. The summed E-state index contributed by atoms with van der Waals surface area (Å²) in [6, 6.07) is 0. The van der Waals surface area contributed by atoms with Crippen LogP contribution in [0.2, 0.25) is 0 Å². The van der Waals surface area contributed by atoms with Crippen LogP contribution in [0.3, 0.4) is 0 Å². The van der Waals surface area contributed by atoms with Crippen molar-refractivity contribution in [3.63, 3.8) is 0 Å². The third kappa shape index (κ3) is 30.0.